The zero-order valence-corrected chi connectivity index (χ0v) is 18.9. The lowest BCUT2D eigenvalue weighted by atomic mass is 9.81. The fraction of sp³-hybridized carbons (Fsp3) is 0.538. The molecule has 4 aliphatic rings. The van der Waals surface area contributed by atoms with Crippen molar-refractivity contribution in [2.24, 2.45) is 17.8 Å². The molecule has 3 fully saturated rings. The normalized spacial score (nSPS) is 28.0. The molecule has 6 heteroatoms. The highest BCUT2D eigenvalue weighted by Gasteiger charge is 2.38. The van der Waals surface area contributed by atoms with Crippen LogP contribution in [0.15, 0.2) is 42.3 Å². The van der Waals surface area contributed by atoms with Gasteiger partial charge in [-0.05, 0) is 80.0 Å². The maximum Gasteiger partial charge on any atom is 0.227 e. The van der Waals surface area contributed by atoms with Crippen molar-refractivity contribution < 1.29 is 5.11 Å². The molecule has 3 atom stereocenters. The van der Waals surface area contributed by atoms with Crippen LogP contribution < -0.4 is 10.2 Å². The van der Waals surface area contributed by atoms with E-state index in [1.165, 1.54) is 44.5 Å². The maximum absolute atomic E-state index is 10.6. The van der Waals surface area contributed by atoms with Crippen molar-refractivity contribution in [1.29, 1.82) is 0 Å². The van der Waals surface area contributed by atoms with E-state index in [9.17, 15) is 5.11 Å². The average molecular weight is 432 g/mol. The number of benzene rings is 1. The van der Waals surface area contributed by atoms with Gasteiger partial charge in [0.15, 0.2) is 0 Å². The molecule has 2 saturated heterocycles. The van der Waals surface area contributed by atoms with Gasteiger partial charge in [-0.2, -0.15) is 0 Å². The number of nitrogens with one attached hydrogen (secondary N) is 1. The molecular formula is C26H33N5O. The van der Waals surface area contributed by atoms with Crippen molar-refractivity contribution in [1.82, 2.24) is 14.9 Å². The monoisotopic (exact) mass is 431 g/mol. The lowest BCUT2D eigenvalue weighted by molar-refractivity contribution is 0.306. The molecule has 1 saturated carbocycles. The molecular weight excluding hydrogens is 398 g/mol. The molecule has 3 heterocycles. The molecule has 2 N–H and O–H groups in total. The predicted molar refractivity (Wildman–Crippen MR) is 128 cm³/mol. The van der Waals surface area contributed by atoms with E-state index in [1.54, 1.807) is 0 Å². The lowest BCUT2D eigenvalue weighted by Crippen LogP contribution is -2.26. The van der Waals surface area contributed by atoms with Gasteiger partial charge in [0, 0.05) is 43.8 Å². The Bertz CT molecular complexity index is 999. The van der Waals surface area contributed by atoms with E-state index in [1.807, 2.05) is 12.3 Å². The third-order valence-electron chi connectivity index (χ3n) is 8.07. The Morgan fingerprint density at radius 3 is 2.41 bits per heavy atom. The van der Waals surface area contributed by atoms with Crippen LogP contribution in [-0.2, 0) is 6.42 Å². The van der Waals surface area contributed by atoms with Crippen LogP contribution in [0.3, 0.4) is 0 Å². The topological polar surface area (TPSA) is 64.5 Å². The molecule has 0 bridgehead atoms. The Labute approximate surface area is 190 Å². The summed E-state index contributed by atoms with van der Waals surface area (Å²) >= 11 is 0. The van der Waals surface area contributed by atoms with Gasteiger partial charge in [0.2, 0.25) is 5.95 Å². The molecule has 2 aliphatic carbocycles. The van der Waals surface area contributed by atoms with Crippen molar-refractivity contribution in [2.45, 2.75) is 38.0 Å². The number of likely N-dealkylation sites (tertiary alicyclic amines) is 1. The van der Waals surface area contributed by atoms with E-state index in [-0.39, 0.29) is 5.92 Å². The van der Waals surface area contributed by atoms with Crippen LogP contribution in [0.1, 0.15) is 42.9 Å². The smallest absolute Gasteiger partial charge is 0.227 e. The Balaban J connectivity index is 1.17. The van der Waals surface area contributed by atoms with Gasteiger partial charge in [-0.3, -0.25) is 0 Å². The van der Waals surface area contributed by atoms with Gasteiger partial charge in [-0.25, -0.2) is 9.97 Å². The Morgan fingerprint density at radius 2 is 1.69 bits per heavy atom. The minimum Gasteiger partial charge on any atom is -0.512 e. The number of rotatable bonds is 4. The number of aliphatic hydroxyl groups excluding tert-OH is 1. The zero-order chi connectivity index (χ0) is 21.7. The van der Waals surface area contributed by atoms with E-state index in [4.69, 9.17) is 4.98 Å². The summed E-state index contributed by atoms with van der Waals surface area (Å²) in [5, 5.41) is 14.0. The fourth-order valence-corrected chi connectivity index (χ4v) is 6.47. The van der Waals surface area contributed by atoms with Gasteiger partial charge < -0.3 is 20.2 Å². The SMILES string of the molecule is CN1CC2CN(c3ccc(Nc4ncc5c(n4)C(C4CCCC4)C(O)=CC5)cc3)CC2C1. The fourth-order valence-electron chi connectivity index (χ4n) is 6.47. The summed E-state index contributed by atoms with van der Waals surface area (Å²) in [6.07, 6.45) is 9.44. The first-order valence-corrected chi connectivity index (χ1v) is 12.2. The predicted octanol–water partition coefficient (Wildman–Crippen LogP) is 4.49. The number of aliphatic hydroxyl groups is 1. The maximum atomic E-state index is 10.6. The van der Waals surface area contributed by atoms with E-state index >= 15 is 0 Å². The summed E-state index contributed by atoms with van der Waals surface area (Å²) in [5.41, 5.74) is 4.46. The molecule has 3 unspecified atom stereocenters. The number of nitrogens with zero attached hydrogens (tertiary/aromatic N) is 4. The van der Waals surface area contributed by atoms with Gasteiger partial charge >= 0.3 is 0 Å². The molecule has 6 nitrogen and oxygen atoms in total. The van der Waals surface area contributed by atoms with Gasteiger partial charge in [-0.1, -0.05) is 12.8 Å². The van der Waals surface area contributed by atoms with Crippen molar-refractivity contribution >= 4 is 17.3 Å². The van der Waals surface area contributed by atoms with Crippen LogP contribution in [0.5, 0.6) is 0 Å². The number of hydrogen-bond donors (Lipinski definition) is 2. The molecule has 0 radical (unpaired) electrons. The van der Waals surface area contributed by atoms with Crippen molar-refractivity contribution in [3.63, 3.8) is 0 Å². The first kappa shape index (κ1) is 20.0. The second kappa shape index (κ2) is 8.07. The van der Waals surface area contributed by atoms with E-state index in [2.05, 4.69) is 51.4 Å². The summed E-state index contributed by atoms with van der Waals surface area (Å²) in [7, 11) is 2.24. The third kappa shape index (κ3) is 3.64. The average Bonchev–Trinajstić information content (AvgIpc) is 3.51. The van der Waals surface area contributed by atoms with Crippen LogP contribution in [0.2, 0.25) is 0 Å². The second-order valence-electron chi connectivity index (χ2n) is 10.3. The molecule has 1 aromatic heterocycles. The largest absolute Gasteiger partial charge is 0.512 e. The van der Waals surface area contributed by atoms with Crippen LogP contribution in [0.25, 0.3) is 0 Å². The molecule has 1 aromatic carbocycles. The van der Waals surface area contributed by atoms with Crippen molar-refractivity contribution in [2.75, 3.05) is 43.4 Å². The number of aromatic nitrogens is 2. The van der Waals surface area contributed by atoms with Gasteiger partial charge in [-0.15, -0.1) is 0 Å². The minimum absolute atomic E-state index is 0.0286. The Kier molecular flexibility index (Phi) is 5.05. The third-order valence-corrected chi connectivity index (χ3v) is 8.07. The minimum atomic E-state index is 0.0286. The number of hydrogen-bond acceptors (Lipinski definition) is 6. The summed E-state index contributed by atoms with van der Waals surface area (Å²) in [4.78, 5) is 14.5. The summed E-state index contributed by atoms with van der Waals surface area (Å²) < 4.78 is 0. The molecule has 0 amide bonds. The molecule has 168 valence electrons. The van der Waals surface area contributed by atoms with Crippen LogP contribution >= 0.6 is 0 Å². The Morgan fingerprint density at radius 1 is 0.969 bits per heavy atom. The standard InChI is InChI=1S/C26H33N5O/c1-30-13-19-15-31(16-20(19)14-30)22-9-7-21(8-10-22)28-26-27-12-18-6-11-23(32)24(25(18)29-26)17-4-2-3-5-17/h7-12,17,19-20,24,32H,2-6,13-16H2,1H3,(H,27,28,29). The van der Waals surface area contributed by atoms with Crippen molar-refractivity contribution in [3.05, 3.63) is 53.6 Å². The summed E-state index contributed by atoms with van der Waals surface area (Å²) in [6.45, 7) is 4.77. The molecule has 2 aliphatic heterocycles. The van der Waals surface area contributed by atoms with Gasteiger partial charge in [0.1, 0.15) is 0 Å². The first-order valence-electron chi connectivity index (χ1n) is 12.2. The highest BCUT2D eigenvalue weighted by atomic mass is 16.3. The van der Waals surface area contributed by atoms with E-state index in [0.717, 1.165) is 41.9 Å². The molecule has 6 rings (SSSR count). The lowest BCUT2D eigenvalue weighted by Gasteiger charge is -2.27. The van der Waals surface area contributed by atoms with E-state index in [0.29, 0.717) is 24.0 Å². The van der Waals surface area contributed by atoms with Crippen LogP contribution in [-0.4, -0.2) is 53.2 Å². The zero-order valence-electron chi connectivity index (χ0n) is 18.9. The van der Waals surface area contributed by atoms with Gasteiger partial charge in [0.05, 0.1) is 17.4 Å². The van der Waals surface area contributed by atoms with Crippen LogP contribution in [0, 0.1) is 17.8 Å². The van der Waals surface area contributed by atoms with Crippen molar-refractivity contribution in [3.8, 4) is 0 Å². The van der Waals surface area contributed by atoms with Crippen LogP contribution in [0.4, 0.5) is 17.3 Å². The first-order chi connectivity index (χ1) is 15.6. The number of anilines is 3. The second-order valence-corrected chi connectivity index (χ2v) is 10.3. The molecule has 2 aromatic rings. The number of allylic oxidation sites excluding steroid dienone is 2. The van der Waals surface area contributed by atoms with Gasteiger partial charge in [0.25, 0.3) is 0 Å². The highest BCUT2D eigenvalue weighted by Crippen LogP contribution is 2.43. The number of fused-ring (bicyclic) bond motifs is 2. The highest BCUT2D eigenvalue weighted by molar-refractivity contribution is 5.60. The molecule has 0 spiro atoms. The summed E-state index contributed by atoms with van der Waals surface area (Å²) in [6, 6.07) is 8.68. The van der Waals surface area contributed by atoms with E-state index < -0.39 is 0 Å². The quantitative estimate of drug-likeness (QED) is 0.744. The molecule has 32 heavy (non-hydrogen) atoms. The Hall–Kier alpha value is -2.60. The summed E-state index contributed by atoms with van der Waals surface area (Å²) in [5.74, 6) is 3.25.